The van der Waals surface area contributed by atoms with Gasteiger partial charge in [0.15, 0.2) is 17.5 Å². The highest BCUT2D eigenvalue weighted by molar-refractivity contribution is 6.28. The SMILES string of the molecule is c1ccc(-c2cc(-c3ccc4c5ccccc5c5cccc(-n6c7ccccc7c7ccccc76)c5c4c3)cc(-c3nc(-c4ccccc4)nc(-c4ccccc4)n3)c2)cc1. The molecule has 0 radical (unpaired) electrons. The number of aromatic nitrogens is 4. The van der Waals surface area contributed by atoms with Gasteiger partial charge in [-0.3, -0.25) is 0 Å². The number of rotatable bonds is 6. The molecule has 0 bridgehead atoms. The predicted octanol–water partition coefficient (Wildman–Crippen LogP) is 14.8. The van der Waals surface area contributed by atoms with E-state index in [9.17, 15) is 0 Å². The Morgan fingerprint density at radius 1 is 0.246 bits per heavy atom. The maximum absolute atomic E-state index is 5.16. The molecular formula is C57H36N4. The summed E-state index contributed by atoms with van der Waals surface area (Å²) in [5.41, 5.74) is 10.7. The van der Waals surface area contributed by atoms with Crippen molar-refractivity contribution in [2.24, 2.45) is 0 Å². The molecule has 0 atom stereocenters. The van der Waals surface area contributed by atoms with Crippen LogP contribution in [0.15, 0.2) is 218 Å². The van der Waals surface area contributed by atoms with Crippen molar-refractivity contribution in [2.45, 2.75) is 0 Å². The van der Waals surface area contributed by atoms with Gasteiger partial charge in [-0.25, -0.2) is 15.0 Å². The van der Waals surface area contributed by atoms with Crippen molar-refractivity contribution in [3.8, 4) is 62.1 Å². The Hall–Kier alpha value is -8.21. The molecule has 12 rings (SSSR count). The molecule has 4 heteroatoms. The van der Waals surface area contributed by atoms with Crippen molar-refractivity contribution >= 4 is 54.1 Å². The van der Waals surface area contributed by atoms with Gasteiger partial charge in [-0.2, -0.15) is 0 Å². The van der Waals surface area contributed by atoms with Crippen molar-refractivity contribution in [1.29, 1.82) is 0 Å². The van der Waals surface area contributed by atoms with Crippen LogP contribution in [0.4, 0.5) is 0 Å². The molecule has 0 N–H and O–H groups in total. The molecule has 0 fully saturated rings. The zero-order valence-electron chi connectivity index (χ0n) is 33.1. The second-order valence-electron chi connectivity index (χ2n) is 15.6. The third-order valence-electron chi connectivity index (χ3n) is 12.0. The first-order chi connectivity index (χ1) is 30.2. The molecule has 61 heavy (non-hydrogen) atoms. The Balaban J connectivity index is 1.14. The van der Waals surface area contributed by atoms with E-state index in [4.69, 9.17) is 15.0 Å². The van der Waals surface area contributed by atoms with E-state index in [0.29, 0.717) is 17.5 Å². The lowest BCUT2D eigenvalue weighted by molar-refractivity contribution is 1.07. The van der Waals surface area contributed by atoms with Crippen molar-refractivity contribution in [3.63, 3.8) is 0 Å². The Morgan fingerprint density at radius 3 is 1.26 bits per heavy atom. The summed E-state index contributed by atoms with van der Waals surface area (Å²) in [4.78, 5) is 15.3. The molecule has 0 aliphatic heterocycles. The third-order valence-corrected chi connectivity index (χ3v) is 12.0. The molecule has 0 spiro atoms. The minimum absolute atomic E-state index is 0.623. The first kappa shape index (κ1) is 34.8. The smallest absolute Gasteiger partial charge is 0.164 e. The number of para-hydroxylation sites is 2. The van der Waals surface area contributed by atoms with Gasteiger partial charge in [-0.1, -0.05) is 176 Å². The second kappa shape index (κ2) is 14.3. The van der Waals surface area contributed by atoms with Gasteiger partial charge in [-0.15, -0.1) is 0 Å². The maximum Gasteiger partial charge on any atom is 0.164 e. The third kappa shape index (κ3) is 5.88. The maximum atomic E-state index is 5.16. The molecule has 4 nitrogen and oxygen atoms in total. The molecule has 0 saturated heterocycles. The van der Waals surface area contributed by atoms with Crippen LogP contribution >= 0.6 is 0 Å². The van der Waals surface area contributed by atoms with Crippen LogP contribution in [0.3, 0.4) is 0 Å². The molecule has 0 unspecified atom stereocenters. The molecule has 10 aromatic carbocycles. The minimum Gasteiger partial charge on any atom is -0.309 e. The second-order valence-corrected chi connectivity index (χ2v) is 15.6. The summed E-state index contributed by atoms with van der Waals surface area (Å²) in [5, 5.41) is 9.84. The van der Waals surface area contributed by atoms with Crippen molar-refractivity contribution in [1.82, 2.24) is 19.5 Å². The molecule has 284 valence electrons. The van der Waals surface area contributed by atoms with E-state index in [1.54, 1.807) is 0 Å². The van der Waals surface area contributed by atoms with E-state index in [2.05, 4.69) is 187 Å². The average Bonchev–Trinajstić information content (AvgIpc) is 3.68. The predicted molar refractivity (Wildman–Crippen MR) is 254 cm³/mol. The zero-order chi connectivity index (χ0) is 40.3. The van der Waals surface area contributed by atoms with Crippen LogP contribution in [0, 0.1) is 0 Å². The summed E-state index contributed by atoms with van der Waals surface area (Å²) >= 11 is 0. The standard InChI is InChI=1S/C57H36N4/c1-4-17-37(18-5-1)41-33-42(35-43(34-41)57-59-55(38-19-6-2-7-20-38)58-56(60-57)39-21-8-3-9-22-39)40-31-32-46-44-23-10-11-24-45(44)49-27-16-30-53(54(49)50(46)36-40)61-51-28-14-12-25-47(51)48-26-13-15-29-52(48)61/h1-36H. The Kier molecular flexibility index (Phi) is 8.13. The van der Waals surface area contributed by atoms with E-state index >= 15 is 0 Å². The van der Waals surface area contributed by atoms with Crippen LogP contribution in [-0.2, 0) is 0 Å². The van der Waals surface area contributed by atoms with E-state index in [1.807, 2.05) is 36.4 Å². The molecule has 0 amide bonds. The summed E-state index contributed by atoms with van der Waals surface area (Å²) in [6.45, 7) is 0. The van der Waals surface area contributed by atoms with Gasteiger partial charge in [0.25, 0.3) is 0 Å². The van der Waals surface area contributed by atoms with E-state index < -0.39 is 0 Å². The summed E-state index contributed by atoms with van der Waals surface area (Å²) < 4.78 is 2.46. The summed E-state index contributed by atoms with van der Waals surface area (Å²) in [6, 6.07) is 77.8. The van der Waals surface area contributed by atoms with E-state index in [0.717, 1.165) is 44.6 Å². The summed E-state index contributed by atoms with van der Waals surface area (Å²) in [7, 11) is 0. The van der Waals surface area contributed by atoms with Crippen molar-refractivity contribution in [3.05, 3.63) is 218 Å². The van der Waals surface area contributed by atoms with Crippen LogP contribution in [0.2, 0.25) is 0 Å². The lowest BCUT2D eigenvalue weighted by Gasteiger charge is -2.17. The lowest BCUT2D eigenvalue weighted by atomic mass is 9.90. The monoisotopic (exact) mass is 776 g/mol. The van der Waals surface area contributed by atoms with Gasteiger partial charge in [-0.05, 0) is 91.6 Å². The number of fused-ring (bicyclic) bond motifs is 9. The number of hydrogen-bond acceptors (Lipinski definition) is 3. The Morgan fingerprint density at radius 2 is 0.672 bits per heavy atom. The van der Waals surface area contributed by atoms with Crippen LogP contribution in [0.5, 0.6) is 0 Å². The minimum atomic E-state index is 0.623. The molecule has 2 heterocycles. The highest BCUT2D eigenvalue weighted by Gasteiger charge is 2.19. The fourth-order valence-electron chi connectivity index (χ4n) is 9.19. The highest BCUT2D eigenvalue weighted by Crippen LogP contribution is 2.43. The molecule has 12 aromatic rings. The van der Waals surface area contributed by atoms with Gasteiger partial charge in [0.2, 0.25) is 0 Å². The van der Waals surface area contributed by atoms with Crippen LogP contribution in [-0.4, -0.2) is 19.5 Å². The van der Waals surface area contributed by atoms with Gasteiger partial charge in [0.1, 0.15) is 0 Å². The largest absolute Gasteiger partial charge is 0.309 e. The van der Waals surface area contributed by atoms with Crippen molar-refractivity contribution in [2.75, 3.05) is 0 Å². The zero-order valence-corrected chi connectivity index (χ0v) is 33.1. The number of hydrogen-bond donors (Lipinski definition) is 0. The fraction of sp³-hybridized carbons (Fsp3) is 0. The normalized spacial score (nSPS) is 11.6. The lowest BCUT2D eigenvalue weighted by Crippen LogP contribution is -2.00. The molecule has 2 aromatic heterocycles. The number of nitrogens with zero attached hydrogens (tertiary/aromatic N) is 4. The number of benzene rings is 10. The topological polar surface area (TPSA) is 43.6 Å². The van der Waals surface area contributed by atoms with Gasteiger partial charge >= 0.3 is 0 Å². The molecule has 0 aliphatic carbocycles. The first-order valence-corrected chi connectivity index (χ1v) is 20.7. The van der Waals surface area contributed by atoms with Crippen LogP contribution < -0.4 is 0 Å². The molecule has 0 aliphatic rings. The first-order valence-electron chi connectivity index (χ1n) is 20.7. The Bertz CT molecular complexity index is 3520. The van der Waals surface area contributed by atoms with E-state index in [1.165, 1.54) is 54.1 Å². The summed E-state index contributed by atoms with van der Waals surface area (Å²) in [6.07, 6.45) is 0. The molecule has 0 saturated carbocycles. The van der Waals surface area contributed by atoms with Crippen LogP contribution in [0.1, 0.15) is 0 Å². The average molecular weight is 777 g/mol. The summed E-state index contributed by atoms with van der Waals surface area (Å²) in [5.74, 6) is 1.90. The van der Waals surface area contributed by atoms with Gasteiger partial charge in [0.05, 0.1) is 16.7 Å². The Labute approximate surface area is 352 Å². The van der Waals surface area contributed by atoms with Gasteiger partial charge < -0.3 is 4.57 Å². The van der Waals surface area contributed by atoms with Crippen molar-refractivity contribution < 1.29 is 0 Å². The van der Waals surface area contributed by atoms with Crippen LogP contribution in [0.25, 0.3) is 116 Å². The van der Waals surface area contributed by atoms with Gasteiger partial charge in [0, 0.05) is 32.8 Å². The highest BCUT2D eigenvalue weighted by atomic mass is 15.0. The van der Waals surface area contributed by atoms with E-state index in [-0.39, 0.29) is 0 Å². The quantitative estimate of drug-likeness (QED) is 0.158. The molecular weight excluding hydrogens is 741 g/mol. The fourth-order valence-corrected chi connectivity index (χ4v) is 9.19.